The fourth-order valence-electron chi connectivity index (χ4n) is 2.08. The van der Waals surface area contributed by atoms with Crippen LogP contribution in [0.2, 0.25) is 0 Å². The lowest BCUT2D eigenvalue weighted by Gasteiger charge is -2.00. The number of carbonyl (C=O) groups excluding carboxylic acids is 1. The molecule has 0 fully saturated rings. The van der Waals surface area contributed by atoms with E-state index in [9.17, 15) is 4.79 Å². The molecule has 0 atom stereocenters. The van der Waals surface area contributed by atoms with Crippen molar-refractivity contribution in [3.63, 3.8) is 0 Å². The van der Waals surface area contributed by atoms with Gasteiger partial charge in [0, 0.05) is 11.6 Å². The van der Waals surface area contributed by atoms with Gasteiger partial charge in [-0.05, 0) is 48.0 Å². The molecule has 0 N–H and O–H groups in total. The molecule has 4 rings (SSSR count). The van der Waals surface area contributed by atoms with E-state index in [-0.39, 0.29) is 5.76 Å². The Bertz CT molecular complexity index is 975. The number of hydrogen-bond acceptors (Lipinski definition) is 6. The monoisotopic (exact) mass is 330 g/mol. The highest BCUT2D eigenvalue weighted by Gasteiger charge is 2.11. The Morgan fingerprint density at radius 1 is 1.27 bits per heavy atom. The second-order valence-electron chi connectivity index (χ2n) is 4.49. The summed E-state index contributed by atoms with van der Waals surface area (Å²) >= 11 is 6.82. The molecule has 1 aromatic carbocycles. The summed E-state index contributed by atoms with van der Waals surface area (Å²) in [6.45, 7) is 0. The van der Waals surface area contributed by atoms with Crippen molar-refractivity contribution in [1.82, 2.24) is 9.97 Å². The number of aromatic nitrogens is 2. The molecule has 4 aromatic rings. The second-order valence-corrected chi connectivity index (χ2v) is 5.83. The van der Waals surface area contributed by atoms with Crippen LogP contribution in [0.1, 0.15) is 10.6 Å². The molecule has 0 saturated heterocycles. The highest BCUT2D eigenvalue weighted by Crippen LogP contribution is 2.32. The molecule has 0 aliphatic heterocycles. The number of rotatable bonds is 3. The summed E-state index contributed by atoms with van der Waals surface area (Å²) in [7, 11) is 0. The van der Waals surface area contributed by atoms with Crippen LogP contribution in [-0.4, -0.2) is 15.2 Å². The molecule has 7 heteroatoms. The van der Waals surface area contributed by atoms with E-state index in [0.29, 0.717) is 22.2 Å². The Morgan fingerprint density at radius 3 is 3.00 bits per heavy atom. The quantitative estimate of drug-likeness (QED) is 0.513. The standard InChI is InChI=1S/C15H7ClN2O3S/c16-13(19)11-7-8-6-9(3-4-10(8)21-11)20-15-18-14-12(22-15)2-1-5-17-14/h1-7H. The fourth-order valence-corrected chi connectivity index (χ4v) is 2.96. The normalized spacial score (nSPS) is 11.1. The Morgan fingerprint density at radius 2 is 2.18 bits per heavy atom. The molecule has 3 heterocycles. The maximum absolute atomic E-state index is 11.1. The van der Waals surface area contributed by atoms with Crippen LogP contribution < -0.4 is 4.74 Å². The predicted octanol–water partition coefficient (Wildman–Crippen LogP) is 4.61. The Hall–Kier alpha value is -2.44. The number of pyridine rings is 1. The third kappa shape index (κ3) is 2.32. The summed E-state index contributed by atoms with van der Waals surface area (Å²) in [5.41, 5.74) is 1.23. The SMILES string of the molecule is O=C(Cl)c1cc2cc(Oc3nc4ncccc4s3)ccc2o1. The van der Waals surface area contributed by atoms with E-state index >= 15 is 0 Å². The lowest BCUT2D eigenvalue weighted by molar-refractivity contribution is 0.105. The minimum Gasteiger partial charge on any atom is -0.452 e. The maximum atomic E-state index is 11.1. The minimum atomic E-state index is -0.629. The number of furan rings is 1. The number of halogens is 1. The number of nitrogens with zero attached hydrogens (tertiary/aromatic N) is 2. The first-order valence-electron chi connectivity index (χ1n) is 6.32. The van der Waals surface area contributed by atoms with E-state index in [1.165, 1.54) is 11.3 Å². The number of hydrogen-bond donors (Lipinski definition) is 0. The van der Waals surface area contributed by atoms with Crippen molar-refractivity contribution < 1.29 is 13.9 Å². The predicted molar refractivity (Wildman–Crippen MR) is 83.9 cm³/mol. The molecule has 5 nitrogen and oxygen atoms in total. The molecule has 0 amide bonds. The van der Waals surface area contributed by atoms with Gasteiger partial charge >= 0.3 is 0 Å². The zero-order chi connectivity index (χ0) is 15.1. The summed E-state index contributed by atoms with van der Waals surface area (Å²) in [5.74, 6) is 0.707. The largest absolute Gasteiger partial charge is 0.452 e. The van der Waals surface area contributed by atoms with Crippen molar-refractivity contribution >= 4 is 49.5 Å². The van der Waals surface area contributed by atoms with Gasteiger partial charge in [-0.15, -0.1) is 0 Å². The van der Waals surface area contributed by atoms with Crippen molar-refractivity contribution in [2.75, 3.05) is 0 Å². The van der Waals surface area contributed by atoms with Gasteiger partial charge in [-0.3, -0.25) is 4.79 Å². The highest BCUT2D eigenvalue weighted by atomic mass is 35.5. The topological polar surface area (TPSA) is 65.2 Å². The van der Waals surface area contributed by atoms with Crippen LogP contribution in [0, 0.1) is 0 Å². The summed E-state index contributed by atoms with van der Waals surface area (Å²) in [6.07, 6.45) is 1.69. The summed E-state index contributed by atoms with van der Waals surface area (Å²) in [6, 6.07) is 10.6. The third-order valence-electron chi connectivity index (χ3n) is 3.03. The van der Waals surface area contributed by atoms with Crippen LogP contribution in [0.5, 0.6) is 10.9 Å². The van der Waals surface area contributed by atoms with Gasteiger partial charge in [0.15, 0.2) is 11.4 Å². The van der Waals surface area contributed by atoms with Crippen molar-refractivity contribution in [1.29, 1.82) is 0 Å². The maximum Gasteiger partial charge on any atom is 0.287 e. The van der Waals surface area contributed by atoms with Crippen LogP contribution in [0.4, 0.5) is 0 Å². The number of carbonyl (C=O) groups is 1. The van der Waals surface area contributed by atoms with Crippen LogP contribution in [0.25, 0.3) is 21.3 Å². The number of fused-ring (bicyclic) bond motifs is 2. The van der Waals surface area contributed by atoms with E-state index in [2.05, 4.69) is 9.97 Å². The van der Waals surface area contributed by atoms with Gasteiger partial charge in [0.1, 0.15) is 11.3 Å². The average Bonchev–Trinajstić information content (AvgIpc) is 3.09. The third-order valence-corrected chi connectivity index (χ3v) is 4.11. The van der Waals surface area contributed by atoms with Crippen LogP contribution >= 0.6 is 22.9 Å². The molecule has 22 heavy (non-hydrogen) atoms. The first-order chi connectivity index (χ1) is 10.7. The molecular formula is C15H7ClN2O3S. The first kappa shape index (κ1) is 13.2. The van der Waals surface area contributed by atoms with Crippen molar-refractivity contribution in [2.45, 2.75) is 0 Å². The fraction of sp³-hybridized carbons (Fsp3) is 0. The lowest BCUT2D eigenvalue weighted by atomic mass is 10.2. The summed E-state index contributed by atoms with van der Waals surface area (Å²) < 4.78 is 12.0. The van der Waals surface area contributed by atoms with Gasteiger partial charge in [0.05, 0.1) is 4.70 Å². The Kier molecular flexibility index (Phi) is 3.06. The van der Waals surface area contributed by atoms with E-state index in [0.717, 1.165) is 10.1 Å². The van der Waals surface area contributed by atoms with Crippen LogP contribution in [-0.2, 0) is 0 Å². The smallest absolute Gasteiger partial charge is 0.287 e. The molecule has 0 bridgehead atoms. The van der Waals surface area contributed by atoms with Crippen molar-refractivity contribution in [2.24, 2.45) is 0 Å². The van der Waals surface area contributed by atoms with Gasteiger partial charge in [-0.2, -0.15) is 4.98 Å². The zero-order valence-corrected chi connectivity index (χ0v) is 12.5. The molecule has 0 radical (unpaired) electrons. The van der Waals surface area contributed by atoms with Crippen molar-refractivity contribution in [3.8, 4) is 10.9 Å². The van der Waals surface area contributed by atoms with Gasteiger partial charge in [0.25, 0.3) is 10.4 Å². The van der Waals surface area contributed by atoms with Crippen LogP contribution in [0.3, 0.4) is 0 Å². The van der Waals surface area contributed by atoms with E-state index in [1.807, 2.05) is 12.1 Å². The first-order valence-corrected chi connectivity index (χ1v) is 7.51. The van der Waals surface area contributed by atoms with Gasteiger partial charge in [-0.25, -0.2) is 4.98 Å². The number of ether oxygens (including phenoxy) is 1. The van der Waals surface area contributed by atoms with E-state index in [1.54, 1.807) is 30.5 Å². The summed E-state index contributed by atoms with van der Waals surface area (Å²) in [4.78, 5) is 19.6. The molecule has 0 unspecified atom stereocenters. The number of thiazole rings is 1. The van der Waals surface area contributed by atoms with E-state index < -0.39 is 5.24 Å². The van der Waals surface area contributed by atoms with Crippen LogP contribution in [0.15, 0.2) is 47.0 Å². The highest BCUT2D eigenvalue weighted by molar-refractivity contribution is 7.20. The second kappa shape index (κ2) is 5.08. The molecule has 0 aliphatic carbocycles. The minimum absolute atomic E-state index is 0.109. The Balaban J connectivity index is 1.69. The number of benzene rings is 1. The average molecular weight is 331 g/mol. The van der Waals surface area contributed by atoms with Gasteiger partial charge in [0.2, 0.25) is 0 Å². The molecule has 0 spiro atoms. The van der Waals surface area contributed by atoms with Gasteiger partial charge < -0.3 is 9.15 Å². The Labute approximate surface area is 133 Å². The molecule has 0 aliphatic rings. The zero-order valence-electron chi connectivity index (χ0n) is 10.9. The van der Waals surface area contributed by atoms with Gasteiger partial charge in [-0.1, -0.05) is 11.3 Å². The van der Waals surface area contributed by atoms with Crippen molar-refractivity contribution in [3.05, 3.63) is 48.4 Å². The molecule has 0 saturated carbocycles. The lowest BCUT2D eigenvalue weighted by Crippen LogP contribution is -1.82. The van der Waals surface area contributed by atoms with E-state index in [4.69, 9.17) is 20.8 Å². The molecule has 3 aromatic heterocycles. The molecular weight excluding hydrogens is 324 g/mol. The molecule has 108 valence electrons. The summed E-state index contributed by atoms with van der Waals surface area (Å²) in [5, 5.41) is 0.613.